The number of aromatic nitrogens is 4. The third kappa shape index (κ3) is 5.54. The molecule has 9 nitrogen and oxygen atoms in total. The molecule has 5 aromatic rings. The third-order valence-electron chi connectivity index (χ3n) is 7.31. The van der Waals surface area contributed by atoms with Crippen LogP contribution in [0, 0.1) is 0 Å². The van der Waals surface area contributed by atoms with Gasteiger partial charge in [0.15, 0.2) is 11.0 Å². The van der Waals surface area contributed by atoms with Gasteiger partial charge in [0.1, 0.15) is 5.75 Å². The monoisotopic (exact) mass is 601 g/mol. The summed E-state index contributed by atoms with van der Waals surface area (Å²) < 4.78 is 36.3. The van der Waals surface area contributed by atoms with Gasteiger partial charge in [-0.2, -0.15) is 0 Å². The van der Waals surface area contributed by atoms with E-state index in [0.29, 0.717) is 34.1 Å². The minimum Gasteiger partial charge on any atom is -0.494 e. The molecule has 1 N–H and O–H groups in total. The van der Waals surface area contributed by atoms with Crippen molar-refractivity contribution in [1.29, 1.82) is 0 Å². The molecule has 2 aromatic heterocycles. The fraction of sp³-hybridized carbons (Fsp3) is 0.258. The quantitative estimate of drug-likeness (QED) is 0.205. The number of carbonyl (C=O) groups excluding carboxylic acids is 1. The number of hydrogen-bond donors (Lipinski definition) is 1. The molecule has 0 unspecified atom stereocenters. The van der Waals surface area contributed by atoms with E-state index in [4.69, 9.17) is 4.74 Å². The summed E-state index contributed by atoms with van der Waals surface area (Å²) in [6.07, 6.45) is 5.91. The summed E-state index contributed by atoms with van der Waals surface area (Å²) in [5.41, 5.74) is 1.90. The third-order valence-corrected chi connectivity index (χ3v) is 9.93. The first-order chi connectivity index (χ1) is 20.5. The van der Waals surface area contributed by atoms with Crippen molar-refractivity contribution in [2.75, 3.05) is 12.4 Å². The van der Waals surface area contributed by atoms with E-state index in [1.165, 1.54) is 15.7 Å². The van der Waals surface area contributed by atoms with E-state index in [2.05, 4.69) is 15.5 Å². The van der Waals surface area contributed by atoms with Crippen molar-refractivity contribution in [3.63, 3.8) is 0 Å². The highest BCUT2D eigenvalue weighted by Gasteiger charge is 2.26. The number of para-hydroxylation sites is 1. The lowest BCUT2D eigenvalue weighted by molar-refractivity contribution is -0.119. The predicted octanol–water partition coefficient (Wildman–Crippen LogP) is 5.68. The van der Waals surface area contributed by atoms with E-state index < -0.39 is 10.0 Å². The summed E-state index contributed by atoms with van der Waals surface area (Å²) in [7, 11) is -3.88. The zero-order valence-electron chi connectivity index (χ0n) is 23.1. The number of benzene rings is 3. The van der Waals surface area contributed by atoms with Crippen LogP contribution in [0.4, 0.5) is 0 Å². The molecule has 3 aromatic carbocycles. The number of thioether (sulfide) groups is 1. The first kappa shape index (κ1) is 28.0. The summed E-state index contributed by atoms with van der Waals surface area (Å²) in [5, 5.41) is 13.4. The van der Waals surface area contributed by atoms with Crippen LogP contribution in [0.5, 0.6) is 5.75 Å². The molecule has 1 saturated carbocycles. The predicted molar refractivity (Wildman–Crippen MR) is 164 cm³/mol. The van der Waals surface area contributed by atoms with E-state index in [1.54, 1.807) is 42.6 Å². The molecule has 2 heterocycles. The van der Waals surface area contributed by atoms with Crippen LogP contribution in [0.3, 0.4) is 0 Å². The fourth-order valence-electron chi connectivity index (χ4n) is 5.33. The maximum Gasteiger partial charge on any atom is 0.268 e. The van der Waals surface area contributed by atoms with Crippen molar-refractivity contribution in [1.82, 2.24) is 24.1 Å². The highest BCUT2D eigenvalue weighted by molar-refractivity contribution is 7.99. The molecular weight excluding hydrogens is 571 g/mol. The van der Waals surface area contributed by atoms with Gasteiger partial charge in [0.2, 0.25) is 5.91 Å². The number of nitrogens with one attached hydrogen (secondary N) is 1. The molecule has 1 aliphatic rings. The number of rotatable bonds is 10. The molecule has 1 amide bonds. The minimum atomic E-state index is -3.88. The van der Waals surface area contributed by atoms with Crippen LogP contribution >= 0.6 is 11.8 Å². The second-order valence-corrected chi connectivity index (χ2v) is 12.8. The molecule has 11 heteroatoms. The molecule has 0 bridgehead atoms. The average molecular weight is 602 g/mol. The normalized spacial score (nSPS) is 13.9. The van der Waals surface area contributed by atoms with Crippen LogP contribution < -0.4 is 10.1 Å². The van der Waals surface area contributed by atoms with Gasteiger partial charge in [-0.15, -0.1) is 10.2 Å². The standard InChI is InChI=1S/C31H31N5O4S2/c1-2-40-24-18-16-23(17-19-24)36-30(33-34-31(36)41-21-29(37)32-22-10-6-7-11-22)27-20-35(28-15-9-8-14-26(27)28)42(38,39)25-12-4-3-5-13-25/h3-5,8-9,12-20,22H,2,6-7,10-11,21H2,1H3,(H,32,37). The van der Waals surface area contributed by atoms with Crippen LogP contribution in [-0.4, -0.2) is 51.5 Å². The Labute approximate surface area is 249 Å². The van der Waals surface area contributed by atoms with Gasteiger partial charge in [-0.1, -0.05) is 61.0 Å². The SMILES string of the molecule is CCOc1ccc(-n2c(SCC(=O)NC3CCCC3)nnc2-c2cn(S(=O)(=O)c3ccccc3)c3ccccc23)cc1. The van der Waals surface area contributed by atoms with Crippen LogP contribution in [0.15, 0.2) is 95.1 Å². The Kier molecular flexibility index (Phi) is 8.03. The smallest absolute Gasteiger partial charge is 0.268 e. The zero-order chi connectivity index (χ0) is 29.1. The van der Waals surface area contributed by atoms with Crippen LogP contribution in [0.25, 0.3) is 28.0 Å². The van der Waals surface area contributed by atoms with Gasteiger partial charge < -0.3 is 10.1 Å². The topological polar surface area (TPSA) is 108 Å². The summed E-state index contributed by atoms with van der Waals surface area (Å²) in [5.74, 6) is 1.35. The Hall–Kier alpha value is -4.09. The van der Waals surface area contributed by atoms with Crippen LogP contribution in [0.2, 0.25) is 0 Å². The second kappa shape index (κ2) is 12.0. The van der Waals surface area contributed by atoms with Gasteiger partial charge in [-0.3, -0.25) is 9.36 Å². The summed E-state index contributed by atoms with van der Waals surface area (Å²) in [4.78, 5) is 13.0. The van der Waals surface area contributed by atoms with E-state index in [9.17, 15) is 13.2 Å². The summed E-state index contributed by atoms with van der Waals surface area (Å²) in [6, 6.07) is 23.5. The first-order valence-electron chi connectivity index (χ1n) is 14.0. The zero-order valence-corrected chi connectivity index (χ0v) is 24.8. The van der Waals surface area contributed by atoms with Gasteiger partial charge in [0.05, 0.1) is 22.8 Å². The number of amides is 1. The van der Waals surface area contributed by atoms with E-state index in [-0.39, 0.29) is 22.6 Å². The van der Waals surface area contributed by atoms with E-state index in [0.717, 1.165) is 37.1 Å². The van der Waals surface area contributed by atoms with Crippen molar-refractivity contribution in [3.05, 3.63) is 85.1 Å². The summed E-state index contributed by atoms with van der Waals surface area (Å²) in [6.45, 7) is 2.47. The lowest BCUT2D eigenvalue weighted by Gasteiger charge is -2.13. The Bertz CT molecular complexity index is 1810. The van der Waals surface area contributed by atoms with Crippen molar-refractivity contribution in [3.8, 4) is 22.8 Å². The second-order valence-electron chi connectivity index (χ2n) is 10.1. The molecule has 42 heavy (non-hydrogen) atoms. The van der Waals surface area contributed by atoms with Crippen LogP contribution in [0.1, 0.15) is 32.6 Å². The molecule has 0 atom stereocenters. The summed E-state index contributed by atoms with van der Waals surface area (Å²) >= 11 is 1.30. The minimum absolute atomic E-state index is 0.0414. The highest BCUT2D eigenvalue weighted by Crippen LogP contribution is 2.35. The maximum absolute atomic E-state index is 13.7. The van der Waals surface area contributed by atoms with E-state index >= 15 is 0 Å². The van der Waals surface area contributed by atoms with Gasteiger partial charge in [-0.25, -0.2) is 12.4 Å². The lowest BCUT2D eigenvalue weighted by atomic mass is 10.1. The van der Waals surface area contributed by atoms with E-state index in [1.807, 2.05) is 54.0 Å². The van der Waals surface area contributed by atoms with Gasteiger partial charge in [0.25, 0.3) is 10.0 Å². The Balaban J connectivity index is 1.43. The van der Waals surface area contributed by atoms with Crippen molar-refractivity contribution >= 4 is 38.6 Å². The number of fused-ring (bicyclic) bond motifs is 1. The Morgan fingerprint density at radius 2 is 1.69 bits per heavy atom. The maximum atomic E-state index is 13.7. The average Bonchev–Trinajstić information content (AvgIpc) is 3.76. The van der Waals surface area contributed by atoms with Gasteiger partial charge in [-0.05, 0) is 62.2 Å². The number of nitrogens with zero attached hydrogens (tertiary/aromatic N) is 4. The molecule has 1 fully saturated rings. The molecule has 1 aliphatic carbocycles. The van der Waals surface area contributed by atoms with Gasteiger partial charge >= 0.3 is 0 Å². The highest BCUT2D eigenvalue weighted by atomic mass is 32.2. The number of carbonyl (C=O) groups is 1. The molecule has 0 saturated heterocycles. The van der Waals surface area contributed by atoms with Gasteiger partial charge in [0, 0.05) is 28.9 Å². The number of hydrogen-bond acceptors (Lipinski definition) is 7. The number of ether oxygens (including phenoxy) is 1. The lowest BCUT2D eigenvalue weighted by Crippen LogP contribution is -2.33. The fourth-order valence-corrected chi connectivity index (χ4v) is 7.48. The molecule has 0 radical (unpaired) electrons. The molecule has 6 rings (SSSR count). The van der Waals surface area contributed by atoms with Crippen LogP contribution in [-0.2, 0) is 14.8 Å². The first-order valence-corrected chi connectivity index (χ1v) is 16.4. The molecule has 216 valence electrons. The Morgan fingerprint density at radius 1 is 0.976 bits per heavy atom. The molecule has 0 aliphatic heterocycles. The van der Waals surface area contributed by atoms with Crippen molar-refractivity contribution in [2.45, 2.75) is 48.7 Å². The van der Waals surface area contributed by atoms with Crippen molar-refractivity contribution in [2.24, 2.45) is 0 Å². The molecular formula is C31H31N5O4S2. The Morgan fingerprint density at radius 3 is 2.43 bits per heavy atom. The largest absolute Gasteiger partial charge is 0.494 e. The molecule has 0 spiro atoms. The van der Waals surface area contributed by atoms with Crippen molar-refractivity contribution < 1.29 is 17.9 Å².